The highest BCUT2D eigenvalue weighted by molar-refractivity contribution is 7.90. The first-order valence-corrected chi connectivity index (χ1v) is 9.29. The predicted octanol–water partition coefficient (Wildman–Crippen LogP) is 3.73. The highest BCUT2D eigenvalue weighted by Crippen LogP contribution is 2.23. The maximum absolute atomic E-state index is 13.7. The van der Waals surface area contributed by atoms with Crippen LogP contribution in [0.25, 0.3) is 0 Å². The van der Waals surface area contributed by atoms with E-state index < -0.39 is 27.5 Å². The van der Waals surface area contributed by atoms with Crippen molar-refractivity contribution in [3.05, 3.63) is 65.2 Å². The zero-order valence-electron chi connectivity index (χ0n) is 13.0. The van der Waals surface area contributed by atoms with Crippen molar-refractivity contribution in [1.29, 1.82) is 0 Å². The van der Waals surface area contributed by atoms with Crippen molar-refractivity contribution in [1.82, 2.24) is 0 Å². The summed E-state index contributed by atoms with van der Waals surface area (Å²) in [6, 6.07) is 10.2. The molecule has 0 heterocycles. The van der Waals surface area contributed by atoms with Crippen LogP contribution in [0, 0.1) is 11.6 Å². The molecule has 2 aromatic rings. The van der Waals surface area contributed by atoms with E-state index in [1.807, 2.05) is 12.1 Å². The lowest BCUT2D eigenvalue weighted by Gasteiger charge is -2.17. The Balaban J connectivity index is 2.04. The first-order valence-electron chi connectivity index (χ1n) is 7.23. The topological polar surface area (TPSA) is 46.2 Å². The zero-order valence-corrected chi connectivity index (χ0v) is 13.8. The average molecular weight is 339 g/mol. The highest BCUT2D eigenvalue weighted by atomic mass is 32.2. The van der Waals surface area contributed by atoms with E-state index >= 15 is 0 Å². The maximum atomic E-state index is 13.7. The van der Waals surface area contributed by atoms with Gasteiger partial charge in [0.2, 0.25) is 0 Å². The summed E-state index contributed by atoms with van der Waals surface area (Å²) in [5.74, 6) is -0.840. The molecule has 0 aliphatic rings. The fourth-order valence-electron chi connectivity index (χ4n) is 2.25. The van der Waals surface area contributed by atoms with Crippen LogP contribution in [0.15, 0.2) is 42.5 Å². The normalized spacial score (nSPS) is 12.9. The van der Waals surface area contributed by atoms with E-state index in [-0.39, 0.29) is 11.3 Å². The standard InChI is InChI=1S/C17H19F2NO2S/c1-12(16-11-14(18)5-8-17(16)19)20-15-6-3-13(4-7-15)9-10-23(2,21)22/h3-8,11-12,20H,9-10H2,1-2H3/t12-/m0/s1. The molecule has 2 rings (SSSR count). The summed E-state index contributed by atoms with van der Waals surface area (Å²) in [6.07, 6.45) is 1.66. The van der Waals surface area contributed by atoms with Gasteiger partial charge in [-0.05, 0) is 49.2 Å². The van der Waals surface area contributed by atoms with Crippen LogP contribution in [-0.2, 0) is 16.3 Å². The Labute approximate surface area is 135 Å². The van der Waals surface area contributed by atoms with Gasteiger partial charge in [-0.3, -0.25) is 0 Å². The summed E-state index contributed by atoms with van der Waals surface area (Å²) in [5.41, 5.74) is 1.92. The summed E-state index contributed by atoms with van der Waals surface area (Å²) in [6.45, 7) is 1.75. The predicted molar refractivity (Wildman–Crippen MR) is 88.3 cm³/mol. The third-order valence-electron chi connectivity index (χ3n) is 3.52. The van der Waals surface area contributed by atoms with Crippen LogP contribution in [0.2, 0.25) is 0 Å². The van der Waals surface area contributed by atoms with E-state index in [0.29, 0.717) is 6.42 Å². The molecule has 0 unspecified atom stereocenters. The Bertz CT molecular complexity index is 774. The van der Waals surface area contributed by atoms with Crippen LogP contribution in [0.4, 0.5) is 14.5 Å². The largest absolute Gasteiger partial charge is 0.378 e. The van der Waals surface area contributed by atoms with Gasteiger partial charge in [0.25, 0.3) is 0 Å². The SMILES string of the molecule is C[C@H](Nc1ccc(CCS(C)(=O)=O)cc1)c1cc(F)ccc1F. The number of halogens is 2. The van der Waals surface area contributed by atoms with E-state index in [1.165, 1.54) is 12.3 Å². The molecule has 0 aliphatic carbocycles. The van der Waals surface area contributed by atoms with Crippen molar-refractivity contribution >= 4 is 15.5 Å². The van der Waals surface area contributed by atoms with Crippen LogP contribution in [0.5, 0.6) is 0 Å². The van der Waals surface area contributed by atoms with Crippen molar-refractivity contribution in [2.75, 3.05) is 17.3 Å². The highest BCUT2D eigenvalue weighted by Gasteiger charge is 2.12. The van der Waals surface area contributed by atoms with Crippen LogP contribution in [-0.4, -0.2) is 20.4 Å². The summed E-state index contributed by atoms with van der Waals surface area (Å²) in [5, 5.41) is 3.10. The molecule has 2 aromatic carbocycles. The fraction of sp³-hybridized carbons (Fsp3) is 0.294. The smallest absolute Gasteiger partial charge is 0.147 e. The van der Waals surface area contributed by atoms with Crippen LogP contribution >= 0.6 is 0 Å². The molecule has 6 heteroatoms. The van der Waals surface area contributed by atoms with E-state index in [9.17, 15) is 17.2 Å². The summed E-state index contributed by atoms with van der Waals surface area (Å²) in [7, 11) is -2.99. The first kappa shape index (κ1) is 17.4. The summed E-state index contributed by atoms with van der Waals surface area (Å²) >= 11 is 0. The van der Waals surface area contributed by atoms with Gasteiger partial charge >= 0.3 is 0 Å². The molecule has 0 bridgehead atoms. The molecule has 0 aliphatic heterocycles. The second-order valence-electron chi connectivity index (χ2n) is 5.61. The van der Waals surface area contributed by atoms with Crippen molar-refractivity contribution in [3.63, 3.8) is 0 Å². The lowest BCUT2D eigenvalue weighted by Crippen LogP contribution is -2.09. The molecular formula is C17H19F2NO2S. The summed E-state index contributed by atoms with van der Waals surface area (Å²) in [4.78, 5) is 0. The van der Waals surface area contributed by atoms with Crippen molar-refractivity contribution in [2.45, 2.75) is 19.4 Å². The van der Waals surface area contributed by atoms with E-state index in [1.54, 1.807) is 19.1 Å². The number of hydrogen-bond donors (Lipinski definition) is 1. The number of benzene rings is 2. The Kier molecular flexibility index (Phi) is 5.36. The second-order valence-corrected chi connectivity index (χ2v) is 7.87. The second kappa shape index (κ2) is 7.08. The van der Waals surface area contributed by atoms with Crippen LogP contribution < -0.4 is 5.32 Å². The first-order chi connectivity index (χ1) is 10.7. The van der Waals surface area contributed by atoms with E-state index in [2.05, 4.69) is 5.32 Å². The molecule has 124 valence electrons. The van der Waals surface area contributed by atoms with Gasteiger partial charge < -0.3 is 5.32 Å². The van der Waals surface area contributed by atoms with Crippen molar-refractivity contribution < 1.29 is 17.2 Å². The number of anilines is 1. The molecule has 0 spiro atoms. The minimum atomic E-state index is -2.99. The fourth-order valence-corrected chi connectivity index (χ4v) is 2.85. The number of sulfone groups is 1. The third-order valence-corrected chi connectivity index (χ3v) is 4.47. The van der Waals surface area contributed by atoms with Crippen molar-refractivity contribution in [3.8, 4) is 0 Å². The van der Waals surface area contributed by atoms with E-state index in [0.717, 1.165) is 23.4 Å². The van der Waals surface area contributed by atoms with Gasteiger partial charge in [0, 0.05) is 17.5 Å². The number of rotatable bonds is 6. The lowest BCUT2D eigenvalue weighted by atomic mass is 10.1. The third kappa shape index (κ3) is 5.32. The van der Waals surface area contributed by atoms with Gasteiger partial charge in [0.15, 0.2) is 0 Å². The van der Waals surface area contributed by atoms with Gasteiger partial charge in [-0.1, -0.05) is 12.1 Å². The average Bonchev–Trinajstić information content (AvgIpc) is 2.48. The minimum absolute atomic E-state index is 0.102. The molecule has 3 nitrogen and oxygen atoms in total. The molecule has 0 radical (unpaired) electrons. The van der Waals surface area contributed by atoms with Crippen molar-refractivity contribution in [2.24, 2.45) is 0 Å². The molecule has 0 aromatic heterocycles. The quantitative estimate of drug-likeness (QED) is 0.872. The monoisotopic (exact) mass is 339 g/mol. The Morgan fingerprint density at radius 1 is 1.09 bits per heavy atom. The Morgan fingerprint density at radius 2 is 1.74 bits per heavy atom. The number of hydrogen-bond acceptors (Lipinski definition) is 3. The number of aryl methyl sites for hydroxylation is 1. The molecule has 0 fully saturated rings. The van der Waals surface area contributed by atoms with Gasteiger partial charge in [-0.2, -0.15) is 0 Å². The zero-order chi connectivity index (χ0) is 17.0. The molecular weight excluding hydrogens is 320 g/mol. The molecule has 0 amide bonds. The lowest BCUT2D eigenvalue weighted by molar-refractivity contribution is 0.577. The van der Waals surface area contributed by atoms with Gasteiger partial charge in [-0.15, -0.1) is 0 Å². The van der Waals surface area contributed by atoms with Gasteiger partial charge in [-0.25, -0.2) is 17.2 Å². The van der Waals surface area contributed by atoms with Crippen LogP contribution in [0.3, 0.4) is 0 Å². The van der Waals surface area contributed by atoms with E-state index in [4.69, 9.17) is 0 Å². The molecule has 0 saturated heterocycles. The van der Waals surface area contributed by atoms with Crippen LogP contribution in [0.1, 0.15) is 24.1 Å². The molecule has 23 heavy (non-hydrogen) atoms. The minimum Gasteiger partial charge on any atom is -0.378 e. The maximum Gasteiger partial charge on any atom is 0.147 e. The molecule has 1 atom stereocenters. The Morgan fingerprint density at radius 3 is 2.35 bits per heavy atom. The number of nitrogens with one attached hydrogen (secondary N) is 1. The van der Waals surface area contributed by atoms with Gasteiger partial charge in [0.05, 0.1) is 11.8 Å². The Hall–Kier alpha value is -1.95. The molecule has 0 saturated carbocycles. The molecule has 1 N–H and O–H groups in total. The summed E-state index contributed by atoms with van der Waals surface area (Å²) < 4.78 is 49.3. The van der Waals surface area contributed by atoms with Gasteiger partial charge in [0.1, 0.15) is 21.5 Å².